The smallest absolute Gasteiger partial charge is 0.277 e. The number of hydrogen-bond acceptors (Lipinski definition) is 9. The van der Waals surface area contributed by atoms with Gasteiger partial charge in [-0.1, -0.05) is 35.2 Å². The Bertz CT molecular complexity index is 791. The number of methoxy groups -OCH3 is 1. The molecule has 3 aromatic rings. The third-order valence-electron chi connectivity index (χ3n) is 2.68. The van der Waals surface area contributed by atoms with Crippen molar-refractivity contribution in [1.82, 2.24) is 20.4 Å². The van der Waals surface area contributed by atoms with Crippen LogP contribution in [0.15, 0.2) is 39.4 Å². The van der Waals surface area contributed by atoms with Crippen LogP contribution in [0.4, 0.5) is 5.13 Å². The van der Waals surface area contributed by atoms with Crippen LogP contribution < -0.4 is 10.1 Å². The number of rotatable bonds is 6. The molecule has 2 heterocycles. The number of aromatic nitrogens is 4. The summed E-state index contributed by atoms with van der Waals surface area (Å²) in [7, 11) is 1.57. The average molecular weight is 349 g/mol. The molecule has 0 saturated heterocycles. The third kappa shape index (κ3) is 3.85. The molecule has 0 aliphatic rings. The molecule has 2 aromatic heterocycles. The number of anilines is 1. The lowest BCUT2D eigenvalue weighted by Gasteiger charge is -2.03. The summed E-state index contributed by atoms with van der Waals surface area (Å²) >= 11 is 2.39. The molecule has 0 bridgehead atoms. The van der Waals surface area contributed by atoms with Crippen LogP contribution in [0.1, 0.15) is 0 Å². The number of thioether (sulfide) groups is 1. The number of carbonyl (C=O) groups is 1. The summed E-state index contributed by atoms with van der Waals surface area (Å²) < 4.78 is 10.8. The Hall–Kier alpha value is -2.46. The highest BCUT2D eigenvalue weighted by molar-refractivity contribution is 7.99. The minimum Gasteiger partial charge on any atom is -0.496 e. The third-order valence-corrected chi connectivity index (χ3v) is 4.10. The second-order valence-electron chi connectivity index (χ2n) is 4.15. The topological polar surface area (TPSA) is 103 Å². The first-order valence-electron chi connectivity index (χ1n) is 6.42. The van der Waals surface area contributed by atoms with Crippen molar-refractivity contribution in [2.75, 3.05) is 18.2 Å². The summed E-state index contributed by atoms with van der Waals surface area (Å²) in [5.74, 6) is 0.896. The molecule has 118 valence electrons. The minimum absolute atomic E-state index is 0.132. The molecule has 1 aromatic carbocycles. The van der Waals surface area contributed by atoms with E-state index in [1.807, 2.05) is 24.3 Å². The molecule has 1 N–H and O–H groups in total. The van der Waals surface area contributed by atoms with Gasteiger partial charge in [-0.3, -0.25) is 10.1 Å². The standard InChI is InChI=1S/C13H11N5O3S2/c1-20-9-5-3-2-4-8(9)11-16-18-13(21-11)22-6-10(19)15-12-17-14-7-23-12/h2-5,7H,6H2,1H3,(H,15,17,19). The molecule has 8 nitrogen and oxygen atoms in total. The molecule has 0 spiro atoms. The summed E-state index contributed by atoms with van der Waals surface area (Å²) in [5, 5.41) is 18.7. The summed E-state index contributed by atoms with van der Waals surface area (Å²) in [6.45, 7) is 0. The van der Waals surface area contributed by atoms with E-state index in [4.69, 9.17) is 9.15 Å². The van der Waals surface area contributed by atoms with E-state index in [1.54, 1.807) is 12.6 Å². The molecular weight excluding hydrogens is 338 g/mol. The zero-order valence-corrected chi connectivity index (χ0v) is 13.6. The van der Waals surface area contributed by atoms with Gasteiger partial charge in [0.05, 0.1) is 18.4 Å². The van der Waals surface area contributed by atoms with Gasteiger partial charge in [0.15, 0.2) is 0 Å². The SMILES string of the molecule is COc1ccccc1-c1nnc(SCC(=O)Nc2nncs2)o1. The van der Waals surface area contributed by atoms with Gasteiger partial charge in [0.2, 0.25) is 11.0 Å². The number of para-hydroxylation sites is 1. The molecule has 10 heteroatoms. The quantitative estimate of drug-likeness (QED) is 0.676. The molecule has 0 atom stereocenters. The van der Waals surface area contributed by atoms with Crippen LogP contribution in [0, 0.1) is 0 Å². The molecule has 3 rings (SSSR count). The van der Waals surface area contributed by atoms with Gasteiger partial charge in [0.25, 0.3) is 11.1 Å². The summed E-state index contributed by atoms with van der Waals surface area (Å²) in [6, 6.07) is 7.33. The van der Waals surface area contributed by atoms with E-state index in [9.17, 15) is 4.79 Å². The van der Waals surface area contributed by atoms with Crippen molar-refractivity contribution in [2.45, 2.75) is 5.22 Å². The van der Waals surface area contributed by atoms with Crippen molar-refractivity contribution < 1.29 is 13.9 Å². The van der Waals surface area contributed by atoms with E-state index in [1.165, 1.54) is 11.3 Å². The Morgan fingerprint density at radius 3 is 3.00 bits per heavy atom. The Morgan fingerprint density at radius 2 is 2.22 bits per heavy atom. The van der Waals surface area contributed by atoms with Gasteiger partial charge in [0, 0.05) is 0 Å². The van der Waals surface area contributed by atoms with Gasteiger partial charge < -0.3 is 9.15 Å². The van der Waals surface area contributed by atoms with Crippen LogP contribution in [-0.4, -0.2) is 39.2 Å². The van der Waals surface area contributed by atoms with Gasteiger partial charge in [-0.2, -0.15) is 0 Å². The summed E-state index contributed by atoms with van der Waals surface area (Å²) in [5.41, 5.74) is 2.24. The second-order valence-corrected chi connectivity index (χ2v) is 5.91. The van der Waals surface area contributed by atoms with E-state index in [0.717, 1.165) is 11.8 Å². The zero-order valence-electron chi connectivity index (χ0n) is 11.9. The Balaban J connectivity index is 1.62. The van der Waals surface area contributed by atoms with Crippen LogP contribution in [0.2, 0.25) is 0 Å². The van der Waals surface area contributed by atoms with E-state index in [-0.39, 0.29) is 11.7 Å². The molecule has 23 heavy (non-hydrogen) atoms. The largest absolute Gasteiger partial charge is 0.496 e. The first kappa shape index (κ1) is 15.4. The van der Waals surface area contributed by atoms with Gasteiger partial charge in [-0.05, 0) is 12.1 Å². The highest BCUT2D eigenvalue weighted by Crippen LogP contribution is 2.30. The highest BCUT2D eigenvalue weighted by Gasteiger charge is 2.14. The molecule has 0 aliphatic heterocycles. The van der Waals surface area contributed by atoms with Crippen LogP contribution in [0.3, 0.4) is 0 Å². The van der Waals surface area contributed by atoms with Gasteiger partial charge >= 0.3 is 0 Å². The molecule has 0 radical (unpaired) electrons. The minimum atomic E-state index is -0.219. The van der Waals surface area contributed by atoms with Crippen molar-refractivity contribution in [3.05, 3.63) is 29.8 Å². The normalized spacial score (nSPS) is 10.5. The van der Waals surface area contributed by atoms with Crippen molar-refractivity contribution in [3.63, 3.8) is 0 Å². The lowest BCUT2D eigenvalue weighted by molar-refractivity contribution is -0.113. The monoisotopic (exact) mass is 349 g/mol. The number of nitrogens with zero attached hydrogens (tertiary/aromatic N) is 4. The number of amides is 1. The second kappa shape index (κ2) is 7.20. The van der Waals surface area contributed by atoms with E-state index in [2.05, 4.69) is 25.7 Å². The maximum atomic E-state index is 11.8. The van der Waals surface area contributed by atoms with Crippen molar-refractivity contribution in [1.29, 1.82) is 0 Å². The fraction of sp³-hybridized carbons (Fsp3) is 0.154. The van der Waals surface area contributed by atoms with Crippen molar-refractivity contribution >= 4 is 34.1 Å². The van der Waals surface area contributed by atoms with Crippen molar-refractivity contribution in [2.24, 2.45) is 0 Å². The molecule has 0 fully saturated rings. The van der Waals surface area contributed by atoms with Crippen LogP contribution in [-0.2, 0) is 4.79 Å². The van der Waals surface area contributed by atoms with Gasteiger partial charge in [0.1, 0.15) is 11.3 Å². The van der Waals surface area contributed by atoms with Crippen LogP contribution >= 0.6 is 23.1 Å². The number of benzene rings is 1. The first-order chi connectivity index (χ1) is 11.3. The van der Waals surface area contributed by atoms with E-state index < -0.39 is 0 Å². The molecular formula is C13H11N5O3S2. The van der Waals surface area contributed by atoms with Crippen LogP contribution in [0.5, 0.6) is 5.75 Å². The highest BCUT2D eigenvalue weighted by atomic mass is 32.2. The number of hydrogen-bond donors (Lipinski definition) is 1. The maximum Gasteiger partial charge on any atom is 0.277 e. The molecule has 0 saturated carbocycles. The number of carbonyl (C=O) groups excluding carboxylic acids is 1. The average Bonchev–Trinajstić information content (AvgIpc) is 3.24. The van der Waals surface area contributed by atoms with Crippen molar-refractivity contribution in [3.8, 4) is 17.2 Å². The predicted octanol–water partition coefficient (Wildman–Crippen LogP) is 2.33. The first-order valence-corrected chi connectivity index (χ1v) is 8.28. The predicted molar refractivity (Wildman–Crippen MR) is 85.5 cm³/mol. The lowest BCUT2D eigenvalue weighted by Crippen LogP contribution is -2.13. The molecule has 0 unspecified atom stereocenters. The zero-order chi connectivity index (χ0) is 16.1. The Morgan fingerprint density at radius 1 is 1.35 bits per heavy atom. The number of ether oxygens (including phenoxy) is 1. The fourth-order valence-corrected chi connectivity index (χ4v) is 2.73. The maximum absolute atomic E-state index is 11.8. The Labute approximate surface area is 139 Å². The van der Waals surface area contributed by atoms with E-state index >= 15 is 0 Å². The molecule has 1 amide bonds. The summed E-state index contributed by atoms with van der Waals surface area (Å²) in [4.78, 5) is 11.8. The fourth-order valence-electron chi connectivity index (χ4n) is 1.71. The van der Waals surface area contributed by atoms with Gasteiger partial charge in [-0.25, -0.2) is 0 Å². The Kier molecular flexibility index (Phi) is 4.83. The lowest BCUT2D eigenvalue weighted by atomic mass is 10.2. The van der Waals surface area contributed by atoms with E-state index in [0.29, 0.717) is 27.6 Å². The summed E-state index contributed by atoms with van der Waals surface area (Å²) in [6.07, 6.45) is 0. The number of nitrogens with one attached hydrogen (secondary N) is 1. The molecule has 0 aliphatic carbocycles. The van der Waals surface area contributed by atoms with Crippen LogP contribution in [0.25, 0.3) is 11.5 Å². The van der Waals surface area contributed by atoms with Gasteiger partial charge in [-0.15, -0.1) is 20.4 Å².